The van der Waals surface area contributed by atoms with E-state index in [4.69, 9.17) is 5.11 Å². The van der Waals surface area contributed by atoms with Crippen LogP contribution in [0.4, 0.5) is 0 Å². The molecule has 0 amide bonds. The van der Waals surface area contributed by atoms with Crippen molar-refractivity contribution >= 4 is 10.0 Å². The molecule has 0 unspecified atom stereocenters. The normalized spacial score (nSPS) is 15.2. The van der Waals surface area contributed by atoms with Crippen LogP contribution in [-0.4, -0.2) is 53.9 Å². The van der Waals surface area contributed by atoms with Crippen molar-refractivity contribution in [1.82, 2.24) is 19.4 Å². The van der Waals surface area contributed by atoms with E-state index < -0.39 is 10.0 Å². The predicted molar refractivity (Wildman–Crippen MR) is 97.5 cm³/mol. The van der Waals surface area contributed by atoms with Crippen molar-refractivity contribution in [3.05, 3.63) is 51.4 Å². The van der Waals surface area contributed by atoms with Gasteiger partial charge in [0.05, 0.1) is 30.3 Å². The highest BCUT2D eigenvalue weighted by Crippen LogP contribution is 2.22. The summed E-state index contributed by atoms with van der Waals surface area (Å²) in [4.78, 5) is 12.7. The quantitative estimate of drug-likeness (QED) is 0.578. The van der Waals surface area contributed by atoms with E-state index >= 15 is 0 Å². The summed E-state index contributed by atoms with van der Waals surface area (Å²) in [5, 5.41) is 14.8. The van der Waals surface area contributed by atoms with Crippen LogP contribution in [0.5, 0.6) is 0 Å². The van der Waals surface area contributed by atoms with Gasteiger partial charge in [-0.1, -0.05) is 17.7 Å². The first kappa shape index (κ1) is 18.8. The molecule has 26 heavy (non-hydrogen) atoms. The Labute approximate surface area is 152 Å². The second-order valence-electron chi connectivity index (χ2n) is 6.40. The first-order valence-electron chi connectivity index (χ1n) is 8.62. The van der Waals surface area contributed by atoms with E-state index in [0.29, 0.717) is 43.9 Å². The fourth-order valence-corrected chi connectivity index (χ4v) is 4.48. The number of hydrogen-bond donors (Lipinski definition) is 3. The highest BCUT2D eigenvalue weighted by molar-refractivity contribution is 7.89. The van der Waals surface area contributed by atoms with E-state index in [1.807, 2.05) is 6.92 Å². The second kappa shape index (κ2) is 7.75. The van der Waals surface area contributed by atoms with Crippen LogP contribution in [0.15, 0.2) is 34.0 Å². The zero-order valence-electron chi connectivity index (χ0n) is 14.7. The number of sulfonamides is 1. The molecule has 1 aliphatic rings. The van der Waals surface area contributed by atoms with Crippen molar-refractivity contribution in [2.24, 2.45) is 0 Å². The molecule has 9 heteroatoms. The van der Waals surface area contributed by atoms with Crippen molar-refractivity contribution in [3.63, 3.8) is 0 Å². The Morgan fingerprint density at radius 1 is 1.23 bits per heavy atom. The number of aromatic amines is 1. The lowest BCUT2D eigenvalue weighted by Crippen LogP contribution is -2.37. The van der Waals surface area contributed by atoms with Gasteiger partial charge in [-0.3, -0.25) is 14.6 Å². The van der Waals surface area contributed by atoms with Crippen LogP contribution in [0, 0.1) is 6.92 Å². The van der Waals surface area contributed by atoms with Gasteiger partial charge in [0, 0.05) is 25.2 Å². The summed E-state index contributed by atoms with van der Waals surface area (Å²) in [6, 6.07) is 6.78. The summed E-state index contributed by atoms with van der Waals surface area (Å²) < 4.78 is 28.6. The first-order valence-corrected chi connectivity index (χ1v) is 10.1. The first-order chi connectivity index (χ1) is 12.4. The molecule has 1 aromatic heterocycles. The minimum Gasteiger partial charge on any atom is -0.395 e. The summed E-state index contributed by atoms with van der Waals surface area (Å²) in [5.74, 6) is 0. The fourth-order valence-electron chi connectivity index (χ4n) is 3.07. The molecule has 3 N–H and O–H groups in total. The molecule has 0 radical (unpaired) electrons. The van der Waals surface area contributed by atoms with Crippen LogP contribution in [0.25, 0.3) is 0 Å². The number of hydrogen-bond acceptors (Lipinski definition) is 5. The lowest BCUT2D eigenvalue weighted by molar-refractivity contribution is 0.291. The Hall–Kier alpha value is -1.94. The number of aryl methyl sites for hydroxylation is 1. The van der Waals surface area contributed by atoms with Gasteiger partial charge in [0.15, 0.2) is 0 Å². The number of aliphatic hydroxyl groups is 1. The molecule has 0 spiro atoms. The largest absolute Gasteiger partial charge is 0.395 e. The van der Waals surface area contributed by atoms with E-state index in [1.54, 1.807) is 24.3 Å². The molecule has 0 saturated heterocycles. The standard InChI is InChI=1S/C17H24N4O4S/c1-13-2-4-14(5-3-13)26(24,25)20-9-6-15-16(12-20)19-21(17(15)23)10-7-18-8-11-22/h2-5,18-19,22H,6-12H2,1H3. The van der Waals surface area contributed by atoms with Gasteiger partial charge >= 0.3 is 0 Å². The molecule has 1 aliphatic heterocycles. The number of nitrogens with zero attached hydrogens (tertiary/aromatic N) is 2. The predicted octanol–water partition coefficient (Wildman–Crippen LogP) is -0.186. The Balaban J connectivity index is 1.77. The number of H-pyrrole nitrogens is 1. The summed E-state index contributed by atoms with van der Waals surface area (Å²) in [6.45, 7) is 3.87. The minimum atomic E-state index is -3.59. The van der Waals surface area contributed by atoms with Crippen LogP contribution in [0.2, 0.25) is 0 Å². The van der Waals surface area contributed by atoms with Gasteiger partial charge < -0.3 is 10.4 Å². The van der Waals surface area contributed by atoms with Gasteiger partial charge in [-0.05, 0) is 25.5 Å². The summed E-state index contributed by atoms with van der Waals surface area (Å²) >= 11 is 0. The zero-order valence-corrected chi connectivity index (χ0v) is 15.6. The smallest absolute Gasteiger partial charge is 0.270 e. The molecular weight excluding hydrogens is 356 g/mol. The minimum absolute atomic E-state index is 0.0436. The van der Waals surface area contributed by atoms with Gasteiger partial charge in [0.1, 0.15) is 0 Å². The highest BCUT2D eigenvalue weighted by Gasteiger charge is 2.31. The number of fused-ring (bicyclic) bond motifs is 1. The van der Waals surface area contributed by atoms with Gasteiger partial charge in [-0.15, -0.1) is 0 Å². The molecule has 0 saturated carbocycles. The molecule has 0 fully saturated rings. The average molecular weight is 380 g/mol. The van der Waals surface area contributed by atoms with Crippen molar-refractivity contribution in [3.8, 4) is 0 Å². The van der Waals surface area contributed by atoms with Crippen molar-refractivity contribution in [2.75, 3.05) is 26.2 Å². The summed E-state index contributed by atoms with van der Waals surface area (Å²) in [6.07, 6.45) is 0.396. The maximum Gasteiger partial charge on any atom is 0.270 e. The van der Waals surface area contributed by atoms with E-state index in [1.165, 1.54) is 8.99 Å². The van der Waals surface area contributed by atoms with Crippen molar-refractivity contribution in [1.29, 1.82) is 0 Å². The van der Waals surface area contributed by atoms with Crippen LogP contribution in [0.3, 0.4) is 0 Å². The maximum absolute atomic E-state index is 12.8. The summed E-state index contributed by atoms with van der Waals surface area (Å²) in [7, 11) is -3.59. The molecule has 0 atom stereocenters. The van der Waals surface area contributed by atoms with Gasteiger partial charge in [0.25, 0.3) is 5.56 Å². The molecule has 0 bridgehead atoms. The van der Waals surface area contributed by atoms with E-state index in [0.717, 1.165) is 5.56 Å². The SMILES string of the molecule is Cc1ccc(S(=O)(=O)N2CCc3c([nH]n(CCNCCO)c3=O)C2)cc1. The van der Waals surface area contributed by atoms with Crippen LogP contribution < -0.4 is 10.9 Å². The van der Waals surface area contributed by atoms with Crippen molar-refractivity contribution < 1.29 is 13.5 Å². The zero-order chi connectivity index (χ0) is 18.7. The van der Waals surface area contributed by atoms with Gasteiger partial charge in [-0.2, -0.15) is 4.31 Å². The molecule has 2 heterocycles. The van der Waals surface area contributed by atoms with E-state index in [-0.39, 0.29) is 23.6 Å². The Morgan fingerprint density at radius 2 is 1.96 bits per heavy atom. The number of nitrogens with one attached hydrogen (secondary N) is 2. The molecule has 1 aromatic carbocycles. The van der Waals surface area contributed by atoms with Crippen LogP contribution >= 0.6 is 0 Å². The third kappa shape index (κ3) is 3.75. The Bertz CT molecular complexity index is 915. The van der Waals surface area contributed by atoms with Gasteiger partial charge in [0.2, 0.25) is 10.0 Å². The topological polar surface area (TPSA) is 107 Å². The third-order valence-electron chi connectivity index (χ3n) is 4.54. The molecule has 0 aliphatic carbocycles. The summed E-state index contributed by atoms with van der Waals surface area (Å²) in [5.41, 5.74) is 2.21. The highest BCUT2D eigenvalue weighted by atomic mass is 32.2. The lowest BCUT2D eigenvalue weighted by atomic mass is 10.1. The average Bonchev–Trinajstić information content (AvgIpc) is 2.94. The lowest BCUT2D eigenvalue weighted by Gasteiger charge is -2.25. The number of benzene rings is 1. The molecule has 8 nitrogen and oxygen atoms in total. The fraction of sp³-hybridized carbons (Fsp3) is 0.471. The second-order valence-corrected chi connectivity index (χ2v) is 8.34. The van der Waals surface area contributed by atoms with Crippen LogP contribution in [0.1, 0.15) is 16.8 Å². The molecular formula is C17H24N4O4S. The maximum atomic E-state index is 12.8. The Kier molecular flexibility index (Phi) is 5.61. The third-order valence-corrected chi connectivity index (χ3v) is 6.40. The molecule has 3 rings (SSSR count). The van der Waals surface area contributed by atoms with Gasteiger partial charge in [-0.25, -0.2) is 8.42 Å². The number of aliphatic hydroxyl groups excluding tert-OH is 1. The molecule has 2 aromatic rings. The van der Waals surface area contributed by atoms with Crippen molar-refractivity contribution in [2.45, 2.75) is 31.3 Å². The van der Waals surface area contributed by atoms with E-state index in [9.17, 15) is 13.2 Å². The molecule has 142 valence electrons. The van der Waals surface area contributed by atoms with E-state index in [2.05, 4.69) is 10.4 Å². The monoisotopic (exact) mass is 380 g/mol. The van der Waals surface area contributed by atoms with Crippen LogP contribution in [-0.2, 0) is 29.5 Å². The Morgan fingerprint density at radius 3 is 2.65 bits per heavy atom. The number of aromatic nitrogens is 2. The number of rotatable bonds is 7.